The lowest BCUT2D eigenvalue weighted by molar-refractivity contribution is 0.393. The largest absolute Gasteiger partial charge is 0.370 e. The van der Waals surface area contributed by atoms with Gasteiger partial charge in [-0.2, -0.15) is 4.52 Å². The van der Waals surface area contributed by atoms with Crippen molar-refractivity contribution in [1.82, 2.24) is 29.8 Å². The van der Waals surface area contributed by atoms with E-state index in [2.05, 4.69) is 30.4 Å². The van der Waals surface area contributed by atoms with Gasteiger partial charge >= 0.3 is 0 Å². The highest BCUT2D eigenvalue weighted by atomic mass is 15.4. The summed E-state index contributed by atoms with van der Waals surface area (Å²) in [6.07, 6.45) is 5.29. The van der Waals surface area contributed by atoms with Crippen LogP contribution in [0.25, 0.3) is 5.65 Å². The third kappa shape index (κ3) is 2.75. The standard InChI is InChI=1S/C18H22N8/c1-12-7-15(21-11-20-12)19-8-13-9-25(10-13)17-6-5-16-22-23-18(26(16)24-17)14-3-2-4-14/h5-7,11,13-14H,2-4,8-10H2,1H3,(H,19,20,21). The van der Waals surface area contributed by atoms with Crippen molar-refractivity contribution in [2.75, 3.05) is 29.9 Å². The molecule has 1 saturated carbocycles. The fourth-order valence-electron chi connectivity index (χ4n) is 3.57. The fourth-order valence-corrected chi connectivity index (χ4v) is 3.57. The van der Waals surface area contributed by atoms with Crippen molar-refractivity contribution in [3.05, 3.63) is 36.0 Å². The Morgan fingerprint density at radius 1 is 1.15 bits per heavy atom. The van der Waals surface area contributed by atoms with Crippen molar-refractivity contribution in [3.63, 3.8) is 0 Å². The Morgan fingerprint density at radius 2 is 2.04 bits per heavy atom. The van der Waals surface area contributed by atoms with Crippen LogP contribution in [-0.2, 0) is 0 Å². The number of nitrogens with zero attached hydrogens (tertiary/aromatic N) is 7. The van der Waals surface area contributed by atoms with E-state index >= 15 is 0 Å². The average molecular weight is 350 g/mol. The molecule has 2 aliphatic rings. The summed E-state index contributed by atoms with van der Waals surface area (Å²) in [5.74, 6) is 4.04. The number of hydrogen-bond acceptors (Lipinski definition) is 7. The minimum absolute atomic E-state index is 0.525. The molecular weight excluding hydrogens is 328 g/mol. The molecule has 8 nitrogen and oxygen atoms in total. The summed E-state index contributed by atoms with van der Waals surface area (Å²) in [5.41, 5.74) is 1.82. The van der Waals surface area contributed by atoms with Crippen molar-refractivity contribution in [2.45, 2.75) is 32.1 Å². The van der Waals surface area contributed by atoms with E-state index in [0.29, 0.717) is 11.8 Å². The zero-order chi connectivity index (χ0) is 17.5. The van der Waals surface area contributed by atoms with Gasteiger partial charge in [0.2, 0.25) is 0 Å². The highest BCUT2D eigenvalue weighted by Crippen LogP contribution is 2.35. The molecule has 1 N–H and O–H groups in total. The maximum absolute atomic E-state index is 4.80. The molecule has 0 bridgehead atoms. The lowest BCUT2D eigenvalue weighted by atomic mass is 9.85. The van der Waals surface area contributed by atoms with Crippen molar-refractivity contribution >= 4 is 17.3 Å². The molecular formula is C18H22N8. The molecule has 0 aromatic carbocycles. The average Bonchev–Trinajstić information content (AvgIpc) is 2.95. The second-order valence-electron chi connectivity index (χ2n) is 7.34. The molecule has 0 spiro atoms. The van der Waals surface area contributed by atoms with Crippen molar-refractivity contribution in [2.24, 2.45) is 5.92 Å². The van der Waals surface area contributed by atoms with E-state index < -0.39 is 0 Å². The van der Waals surface area contributed by atoms with E-state index in [-0.39, 0.29) is 0 Å². The fraction of sp³-hybridized carbons (Fsp3) is 0.500. The Balaban J connectivity index is 1.23. The third-order valence-electron chi connectivity index (χ3n) is 5.40. The van der Waals surface area contributed by atoms with Crippen LogP contribution in [0.1, 0.15) is 36.7 Å². The highest BCUT2D eigenvalue weighted by molar-refractivity contribution is 5.48. The molecule has 2 fully saturated rings. The molecule has 3 aromatic heterocycles. The van der Waals surface area contributed by atoms with E-state index in [1.807, 2.05) is 29.6 Å². The number of rotatable bonds is 5. The summed E-state index contributed by atoms with van der Waals surface area (Å²) in [6, 6.07) is 6.04. The zero-order valence-electron chi connectivity index (χ0n) is 14.8. The molecule has 0 amide bonds. The van der Waals surface area contributed by atoms with Crippen LogP contribution in [0.5, 0.6) is 0 Å². The van der Waals surface area contributed by atoms with Gasteiger partial charge in [0.05, 0.1) is 0 Å². The zero-order valence-corrected chi connectivity index (χ0v) is 14.8. The predicted octanol–water partition coefficient (Wildman–Crippen LogP) is 2.04. The van der Waals surface area contributed by atoms with E-state index in [1.165, 1.54) is 19.3 Å². The molecule has 4 heterocycles. The van der Waals surface area contributed by atoms with Crippen molar-refractivity contribution in [3.8, 4) is 0 Å². The van der Waals surface area contributed by atoms with Crippen LogP contribution in [0.4, 0.5) is 11.6 Å². The van der Waals surface area contributed by atoms with Crippen LogP contribution in [0.2, 0.25) is 0 Å². The quantitative estimate of drug-likeness (QED) is 0.754. The van der Waals surface area contributed by atoms with Gasteiger partial charge < -0.3 is 10.2 Å². The molecule has 3 aromatic rings. The van der Waals surface area contributed by atoms with Gasteiger partial charge in [0.1, 0.15) is 18.0 Å². The number of hydrogen-bond donors (Lipinski definition) is 1. The molecule has 1 aliphatic heterocycles. The molecule has 0 atom stereocenters. The predicted molar refractivity (Wildman–Crippen MR) is 98.3 cm³/mol. The number of aromatic nitrogens is 6. The Bertz CT molecular complexity index is 926. The Kier molecular flexibility index (Phi) is 3.69. The SMILES string of the molecule is Cc1cc(NCC2CN(c3ccc4nnc(C5CCC5)n4n3)C2)ncn1. The summed E-state index contributed by atoms with van der Waals surface area (Å²) in [5, 5.41) is 16.8. The minimum atomic E-state index is 0.525. The highest BCUT2D eigenvalue weighted by Gasteiger charge is 2.29. The topological polar surface area (TPSA) is 84.1 Å². The van der Waals surface area contributed by atoms with Crippen molar-refractivity contribution in [1.29, 1.82) is 0 Å². The van der Waals surface area contributed by atoms with Gasteiger partial charge in [-0.1, -0.05) is 6.42 Å². The second kappa shape index (κ2) is 6.19. The summed E-state index contributed by atoms with van der Waals surface area (Å²) < 4.78 is 1.94. The van der Waals surface area contributed by atoms with Gasteiger partial charge in [-0.15, -0.1) is 15.3 Å². The van der Waals surface area contributed by atoms with Gasteiger partial charge in [0, 0.05) is 43.2 Å². The third-order valence-corrected chi connectivity index (χ3v) is 5.40. The van der Waals surface area contributed by atoms with E-state index in [0.717, 1.165) is 48.4 Å². The van der Waals surface area contributed by atoms with Gasteiger partial charge in [-0.05, 0) is 31.9 Å². The van der Waals surface area contributed by atoms with Crippen LogP contribution in [0, 0.1) is 12.8 Å². The second-order valence-corrected chi connectivity index (χ2v) is 7.34. The first-order valence-corrected chi connectivity index (χ1v) is 9.26. The van der Waals surface area contributed by atoms with Crippen LogP contribution >= 0.6 is 0 Å². The minimum Gasteiger partial charge on any atom is -0.370 e. The summed E-state index contributed by atoms with van der Waals surface area (Å²) in [6.45, 7) is 4.88. The molecule has 1 saturated heterocycles. The number of aryl methyl sites for hydroxylation is 1. The number of nitrogens with one attached hydrogen (secondary N) is 1. The Morgan fingerprint density at radius 3 is 2.81 bits per heavy atom. The molecule has 0 unspecified atom stereocenters. The van der Waals surface area contributed by atoms with Crippen LogP contribution in [0.3, 0.4) is 0 Å². The number of anilines is 2. The van der Waals surface area contributed by atoms with E-state index in [4.69, 9.17) is 5.10 Å². The maximum Gasteiger partial charge on any atom is 0.178 e. The number of fused-ring (bicyclic) bond motifs is 1. The van der Waals surface area contributed by atoms with Gasteiger partial charge in [0.25, 0.3) is 0 Å². The monoisotopic (exact) mass is 350 g/mol. The first-order valence-electron chi connectivity index (χ1n) is 9.26. The smallest absolute Gasteiger partial charge is 0.178 e. The lowest BCUT2D eigenvalue weighted by Crippen LogP contribution is -2.50. The molecule has 8 heteroatoms. The Hall–Kier alpha value is -2.77. The van der Waals surface area contributed by atoms with Gasteiger partial charge in [-0.3, -0.25) is 0 Å². The van der Waals surface area contributed by atoms with E-state index in [1.54, 1.807) is 6.33 Å². The molecule has 26 heavy (non-hydrogen) atoms. The van der Waals surface area contributed by atoms with Crippen molar-refractivity contribution < 1.29 is 0 Å². The normalized spacial score (nSPS) is 18.0. The molecule has 134 valence electrons. The van der Waals surface area contributed by atoms with E-state index in [9.17, 15) is 0 Å². The summed E-state index contributed by atoms with van der Waals surface area (Å²) in [7, 11) is 0. The molecule has 0 radical (unpaired) electrons. The first kappa shape index (κ1) is 15.5. The molecule has 1 aliphatic carbocycles. The van der Waals surface area contributed by atoms with Crippen LogP contribution < -0.4 is 10.2 Å². The molecule has 5 rings (SSSR count). The van der Waals surface area contributed by atoms with Crippen LogP contribution in [-0.4, -0.2) is 49.4 Å². The summed E-state index contributed by atoms with van der Waals surface area (Å²) >= 11 is 0. The van der Waals surface area contributed by atoms with Gasteiger partial charge in [0.15, 0.2) is 11.5 Å². The maximum atomic E-state index is 4.80. The first-order chi connectivity index (χ1) is 12.8. The summed E-state index contributed by atoms with van der Waals surface area (Å²) in [4.78, 5) is 10.7. The lowest BCUT2D eigenvalue weighted by Gasteiger charge is -2.40. The van der Waals surface area contributed by atoms with Crippen LogP contribution in [0.15, 0.2) is 24.5 Å². The Labute approximate surface area is 151 Å². The van der Waals surface area contributed by atoms with Gasteiger partial charge in [-0.25, -0.2) is 9.97 Å².